The highest BCUT2D eigenvalue weighted by molar-refractivity contribution is 7.15. The van der Waals surface area contributed by atoms with Crippen LogP contribution in [0.1, 0.15) is 44.2 Å². The van der Waals surface area contributed by atoms with Gasteiger partial charge in [-0.05, 0) is 18.9 Å². The average Bonchev–Trinajstić information content (AvgIpc) is 3.06. The summed E-state index contributed by atoms with van der Waals surface area (Å²) in [6, 6.07) is 0. The van der Waals surface area contributed by atoms with Crippen LogP contribution in [0.5, 0.6) is 5.88 Å². The number of rotatable bonds is 6. The van der Waals surface area contributed by atoms with Crippen molar-refractivity contribution in [3.8, 4) is 5.88 Å². The first kappa shape index (κ1) is 13.9. The molecule has 20 heavy (non-hydrogen) atoms. The number of methoxy groups -OCH3 is 1. The number of nitrogens with zero attached hydrogens (tertiary/aromatic N) is 2. The van der Waals surface area contributed by atoms with Crippen molar-refractivity contribution in [3.05, 3.63) is 17.3 Å². The van der Waals surface area contributed by atoms with Crippen LogP contribution >= 0.6 is 11.3 Å². The van der Waals surface area contributed by atoms with Crippen LogP contribution in [-0.2, 0) is 6.54 Å². The number of nitrogens with one attached hydrogen (secondary N) is 1. The third-order valence-corrected chi connectivity index (χ3v) is 5.02. The van der Waals surface area contributed by atoms with Crippen LogP contribution in [0.3, 0.4) is 0 Å². The van der Waals surface area contributed by atoms with E-state index in [1.165, 1.54) is 38.5 Å². The van der Waals surface area contributed by atoms with Crippen LogP contribution < -0.4 is 10.1 Å². The smallest absolute Gasteiger partial charge is 0.237 e. The van der Waals surface area contributed by atoms with Crippen LogP contribution in [0.15, 0.2) is 11.6 Å². The van der Waals surface area contributed by atoms with Gasteiger partial charge in [0.15, 0.2) is 4.96 Å². The van der Waals surface area contributed by atoms with E-state index >= 15 is 0 Å². The second kappa shape index (κ2) is 6.59. The van der Waals surface area contributed by atoms with Gasteiger partial charge in [0, 0.05) is 18.1 Å². The monoisotopic (exact) mass is 293 g/mol. The molecule has 3 rings (SSSR count). The summed E-state index contributed by atoms with van der Waals surface area (Å²) in [5.74, 6) is 1.69. The van der Waals surface area contributed by atoms with Crippen LogP contribution in [0.4, 0.5) is 0 Å². The van der Waals surface area contributed by atoms with Crippen LogP contribution in [0, 0.1) is 5.92 Å². The van der Waals surface area contributed by atoms with E-state index in [0.717, 1.165) is 35.5 Å². The molecule has 2 heterocycles. The summed E-state index contributed by atoms with van der Waals surface area (Å²) in [5.41, 5.74) is 1.13. The van der Waals surface area contributed by atoms with Gasteiger partial charge in [-0.15, -0.1) is 11.3 Å². The topological polar surface area (TPSA) is 38.6 Å². The van der Waals surface area contributed by atoms with Gasteiger partial charge in [-0.25, -0.2) is 0 Å². The lowest BCUT2D eigenvalue weighted by Crippen LogP contribution is -2.20. The molecular weight excluding hydrogens is 270 g/mol. The number of thiazole rings is 1. The third-order valence-electron chi connectivity index (χ3n) is 4.26. The lowest BCUT2D eigenvalue weighted by atomic mass is 9.87. The lowest BCUT2D eigenvalue weighted by Gasteiger charge is -2.21. The summed E-state index contributed by atoms with van der Waals surface area (Å²) in [6.07, 6.45) is 10.5. The molecular formula is C15H23N3OS. The van der Waals surface area contributed by atoms with Crippen molar-refractivity contribution in [1.29, 1.82) is 0 Å². The normalized spacial score (nSPS) is 16.9. The Balaban J connectivity index is 1.52. The number of fused-ring (bicyclic) bond motifs is 1. The molecule has 0 amide bonds. The van der Waals surface area contributed by atoms with Gasteiger partial charge >= 0.3 is 0 Å². The first-order chi connectivity index (χ1) is 9.88. The summed E-state index contributed by atoms with van der Waals surface area (Å²) in [5, 5.41) is 5.62. The Bertz CT molecular complexity index is 542. The molecule has 0 atom stereocenters. The zero-order valence-corrected chi connectivity index (χ0v) is 12.9. The van der Waals surface area contributed by atoms with Gasteiger partial charge in [-0.3, -0.25) is 4.40 Å². The Morgan fingerprint density at radius 1 is 1.40 bits per heavy atom. The number of hydrogen-bond acceptors (Lipinski definition) is 4. The third kappa shape index (κ3) is 2.99. The van der Waals surface area contributed by atoms with Crippen molar-refractivity contribution in [2.75, 3.05) is 13.7 Å². The molecule has 0 spiro atoms. The Morgan fingerprint density at radius 2 is 2.25 bits per heavy atom. The second-order valence-electron chi connectivity index (χ2n) is 5.59. The fourth-order valence-corrected chi connectivity index (χ4v) is 3.85. The van der Waals surface area contributed by atoms with Gasteiger partial charge in [0.2, 0.25) is 5.88 Å². The van der Waals surface area contributed by atoms with E-state index in [1.54, 1.807) is 18.4 Å². The minimum atomic E-state index is 0.752. The zero-order valence-electron chi connectivity index (χ0n) is 12.1. The number of aromatic nitrogens is 2. The standard InChI is InChI=1S/C15H23N3OS/c1-19-14-13(18-9-10-20-15(18)17-14)11-16-8-7-12-5-3-2-4-6-12/h9-10,12,16H,2-8,11H2,1H3. The molecule has 5 heteroatoms. The highest BCUT2D eigenvalue weighted by atomic mass is 32.1. The number of ether oxygens (including phenoxy) is 1. The SMILES string of the molecule is COc1nc2sccn2c1CNCCC1CCCCC1. The number of hydrogen-bond donors (Lipinski definition) is 1. The van der Waals surface area contributed by atoms with E-state index < -0.39 is 0 Å². The Labute approximate surface area is 124 Å². The molecule has 0 radical (unpaired) electrons. The molecule has 1 fully saturated rings. The fourth-order valence-electron chi connectivity index (χ4n) is 3.13. The molecule has 0 aromatic carbocycles. The molecule has 1 aliphatic rings. The maximum absolute atomic E-state index is 5.37. The van der Waals surface area contributed by atoms with Crippen LogP contribution in [-0.4, -0.2) is 23.0 Å². The Kier molecular flexibility index (Phi) is 4.58. The Hall–Kier alpha value is -1.07. The van der Waals surface area contributed by atoms with E-state index in [9.17, 15) is 0 Å². The maximum atomic E-state index is 5.37. The molecule has 0 bridgehead atoms. The maximum Gasteiger partial charge on any atom is 0.237 e. The van der Waals surface area contributed by atoms with E-state index in [-0.39, 0.29) is 0 Å². The van der Waals surface area contributed by atoms with Crippen LogP contribution in [0.2, 0.25) is 0 Å². The summed E-state index contributed by atoms with van der Waals surface area (Å²) in [4.78, 5) is 5.48. The van der Waals surface area contributed by atoms with Gasteiger partial charge in [0.25, 0.3) is 0 Å². The van der Waals surface area contributed by atoms with E-state index in [0.29, 0.717) is 0 Å². The lowest BCUT2D eigenvalue weighted by molar-refractivity contribution is 0.332. The molecule has 1 N–H and O–H groups in total. The van der Waals surface area contributed by atoms with Gasteiger partial charge in [0.05, 0.1) is 7.11 Å². The Morgan fingerprint density at radius 3 is 3.05 bits per heavy atom. The molecule has 2 aromatic heterocycles. The van der Waals surface area contributed by atoms with Crippen molar-refractivity contribution < 1.29 is 4.74 Å². The molecule has 1 aliphatic carbocycles. The van der Waals surface area contributed by atoms with Gasteiger partial charge in [0.1, 0.15) is 5.69 Å². The highest BCUT2D eigenvalue weighted by Gasteiger charge is 2.15. The fraction of sp³-hybridized carbons (Fsp3) is 0.667. The molecule has 0 unspecified atom stereocenters. The summed E-state index contributed by atoms with van der Waals surface area (Å²) >= 11 is 1.64. The van der Waals surface area contributed by atoms with Crippen LogP contribution in [0.25, 0.3) is 4.96 Å². The highest BCUT2D eigenvalue weighted by Crippen LogP contribution is 2.26. The summed E-state index contributed by atoms with van der Waals surface area (Å²) in [7, 11) is 1.69. The molecule has 4 nitrogen and oxygen atoms in total. The average molecular weight is 293 g/mol. The van der Waals surface area contributed by atoms with E-state index in [4.69, 9.17) is 4.74 Å². The molecule has 0 aliphatic heterocycles. The first-order valence-electron chi connectivity index (χ1n) is 7.57. The number of imidazole rings is 1. The predicted molar refractivity (Wildman–Crippen MR) is 82.5 cm³/mol. The first-order valence-corrected chi connectivity index (χ1v) is 8.45. The van der Waals surface area contributed by atoms with Crippen molar-refractivity contribution in [2.24, 2.45) is 5.92 Å². The van der Waals surface area contributed by atoms with Gasteiger partial charge < -0.3 is 10.1 Å². The van der Waals surface area contributed by atoms with E-state index in [2.05, 4.69) is 26.3 Å². The van der Waals surface area contributed by atoms with Gasteiger partial charge in [-0.2, -0.15) is 4.98 Å². The molecule has 0 saturated heterocycles. The quantitative estimate of drug-likeness (QED) is 0.829. The zero-order chi connectivity index (χ0) is 13.8. The second-order valence-corrected chi connectivity index (χ2v) is 6.47. The molecule has 2 aromatic rings. The van der Waals surface area contributed by atoms with Crippen molar-refractivity contribution in [3.63, 3.8) is 0 Å². The summed E-state index contributed by atoms with van der Waals surface area (Å²) < 4.78 is 7.49. The van der Waals surface area contributed by atoms with Crippen molar-refractivity contribution in [2.45, 2.75) is 45.1 Å². The van der Waals surface area contributed by atoms with Crippen molar-refractivity contribution in [1.82, 2.24) is 14.7 Å². The summed E-state index contributed by atoms with van der Waals surface area (Å²) in [6.45, 7) is 1.92. The van der Waals surface area contributed by atoms with Gasteiger partial charge in [-0.1, -0.05) is 32.1 Å². The van der Waals surface area contributed by atoms with E-state index in [1.807, 2.05) is 0 Å². The largest absolute Gasteiger partial charge is 0.480 e. The minimum absolute atomic E-state index is 0.752. The predicted octanol–water partition coefficient (Wildman–Crippen LogP) is 3.46. The molecule has 110 valence electrons. The minimum Gasteiger partial charge on any atom is -0.480 e. The van der Waals surface area contributed by atoms with Crippen molar-refractivity contribution >= 4 is 16.3 Å². The molecule has 1 saturated carbocycles.